The molecular formula is C14H17N3S. The zero-order valence-corrected chi connectivity index (χ0v) is 11.4. The van der Waals surface area contributed by atoms with Crippen LogP contribution < -0.4 is 0 Å². The molecule has 1 aromatic heterocycles. The summed E-state index contributed by atoms with van der Waals surface area (Å²) >= 11 is 5.37. The third-order valence-electron chi connectivity index (χ3n) is 3.58. The number of hydrogen-bond donors (Lipinski definition) is 0. The first kappa shape index (κ1) is 11.7. The van der Waals surface area contributed by atoms with Crippen LogP contribution in [0.15, 0.2) is 36.7 Å². The molecular weight excluding hydrogens is 242 g/mol. The van der Waals surface area contributed by atoms with Gasteiger partial charge in [0, 0.05) is 32.5 Å². The van der Waals surface area contributed by atoms with E-state index in [1.165, 1.54) is 11.1 Å². The predicted molar refractivity (Wildman–Crippen MR) is 74.8 cm³/mol. The lowest BCUT2D eigenvalue weighted by Crippen LogP contribution is -2.32. The molecule has 3 nitrogen and oxygen atoms in total. The van der Waals surface area contributed by atoms with Crippen molar-refractivity contribution in [3.05, 3.63) is 52.6 Å². The summed E-state index contributed by atoms with van der Waals surface area (Å²) in [6.45, 7) is 3.01. The predicted octanol–water partition coefficient (Wildman–Crippen LogP) is 2.57. The SMILES string of the molecule is Cn1ccn(CN2CCc3ccccc3C2)c1=S. The number of hydrogen-bond acceptors (Lipinski definition) is 2. The summed E-state index contributed by atoms with van der Waals surface area (Å²) in [6.07, 6.45) is 5.21. The zero-order chi connectivity index (χ0) is 12.5. The molecule has 0 radical (unpaired) electrons. The first-order chi connectivity index (χ1) is 8.74. The van der Waals surface area contributed by atoms with Crippen molar-refractivity contribution in [2.24, 2.45) is 7.05 Å². The van der Waals surface area contributed by atoms with E-state index in [1.54, 1.807) is 0 Å². The largest absolute Gasteiger partial charge is 0.327 e. The van der Waals surface area contributed by atoms with Crippen molar-refractivity contribution in [1.82, 2.24) is 14.0 Å². The van der Waals surface area contributed by atoms with Gasteiger partial charge in [-0.25, -0.2) is 0 Å². The van der Waals surface area contributed by atoms with Crippen molar-refractivity contribution in [2.75, 3.05) is 6.54 Å². The monoisotopic (exact) mass is 259 g/mol. The standard InChI is InChI=1S/C14H17N3S/c1-15-8-9-17(14(15)18)11-16-7-6-12-4-2-3-5-13(12)10-16/h2-5,8-9H,6-7,10-11H2,1H3. The van der Waals surface area contributed by atoms with Gasteiger partial charge in [-0.15, -0.1) is 0 Å². The third-order valence-corrected chi connectivity index (χ3v) is 4.10. The smallest absolute Gasteiger partial charge is 0.180 e. The first-order valence-corrected chi connectivity index (χ1v) is 6.66. The molecule has 0 N–H and O–H groups in total. The van der Waals surface area contributed by atoms with Gasteiger partial charge in [0.25, 0.3) is 0 Å². The second kappa shape index (κ2) is 4.71. The second-order valence-corrected chi connectivity index (χ2v) is 5.24. The van der Waals surface area contributed by atoms with Crippen LogP contribution in [0.1, 0.15) is 11.1 Å². The molecule has 0 bridgehead atoms. The van der Waals surface area contributed by atoms with Gasteiger partial charge in [0.15, 0.2) is 4.77 Å². The van der Waals surface area contributed by atoms with Gasteiger partial charge in [-0.1, -0.05) is 24.3 Å². The molecule has 1 aliphatic rings. The van der Waals surface area contributed by atoms with Gasteiger partial charge >= 0.3 is 0 Å². The van der Waals surface area contributed by atoms with Gasteiger partial charge < -0.3 is 9.13 Å². The topological polar surface area (TPSA) is 13.1 Å². The lowest BCUT2D eigenvalue weighted by molar-refractivity contribution is 0.198. The van der Waals surface area contributed by atoms with Crippen molar-refractivity contribution in [3.8, 4) is 0 Å². The van der Waals surface area contributed by atoms with Crippen LogP contribution in [0.5, 0.6) is 0 Å². The van der Waals surface area contributed by atoms with Gasteiger partial charge in [0.05, 0.1) is 6.67 Å². The summed E-state index contributed by atoms with van der Waals surface area (Å²) in [4.78, 5) is 2.44. The van der Waals surface area contributed by atoms with Crippen molar-refractivity contribution in [2.45, 2.75) is 19.6 Å². The molecule has 2 heterocycles. The van der Waals surface area contributed by atoms with Crippen LogP contribution in [0.2, 0.25) is 0 Å². The van der Waals surface area contributed by atoms with Gasteiger partial charge in [-0.2, -0.15) is 0 Å². The van der Waals surface area contributed by atoms with E-state index in [4.69, 9.17) is 12.2 Å². The maximum Gasteiger partial charge on any atom is 0.180 e. The quantitative estimate of drug-likeness (QED) is 0.769. The van der Waals surface area contributed by atoms with Gasteiger partial charge in [-0.3, -0.25) is 4.90 Å². The molecule has 0 saturated heterocycles. The summed E-state index contributed by atoms with van der Waals surface area (Å²) in [5.74, 6) is 0. The number of nitrogens with zero attached hydrogens (tertiary/aromatic N) is 3. The maximum absolute atomic E-state index is 5.37. The minimum absolute atomic E-state index is 0.883. The normalized spacial score (nSPS) is 15.6. The molecule has 18 heavy (non-hydrogen) atoms. The average Bonchev–Trinajstić information content (AvgIpc) is 2.71. The van der Waals surface area contributed by atoms with E-state index in [0.29, 0.717) is 0 Å². The van der Waals surface area contributed by atoms with E-state index in [-0.39, 0.29) is 0 Å². The molecule has 1 aliphatic heterocycles. The highest BCUT2D eigenvalue weighted by molar-refractivity contribution is 7.71. The Morgan fingerprint density at radius 2 is 1.94 bits per heavy atom. The average molecular weight is 259 g/mol. The molecule has 0 atom stereocenters. The lowest BCUT2D eigenvalue weighted by atomic mass is 10.0. The van der Waals surface area contributed by atoms with E-state index in [2.05, 4.69) is 39.9 Å². The molecule has 0 amide bonds. The Bertz CT molecular complexity index is 611. The molecule has 0 spiro atoms. The van der Waals surface area contributed by atoms with Crippen molar-refractivity contribution < 1.29 is 0 Å². The Balaban J connectivity index is 1.77. The molecule has 0 aliphatic carbocycles. The molecule has 3 rings (SSSR count). The van der Waals surface area contributed by atoms with Gasteiger partial charge in [0.1, 0.15) is 0 Å². The highest BCUT2D eigenvalue weighted by atomic mass is 32.1. The highest BCUT2D eigenvalue weighted by Gasteiger charge is 2.15. The number of imidazole rings is 1. The number of aryl methyl sites for hydroxylation is 1. The number of aromatic nitrogens is 2. The van der Waals surface area contributed by atoms with Crippen LogP contribution in [-0.2, 0) is 26.7 Å². The fraction of sp³-hybridized carbons (Fsp3) is 0.357. The van der Waals surface area contributed by atoms with Gasteiger partial charge in [0.2, 0.25) is 0 Å². The maximum atomic E-state index is 5.37. The molecule has 2 aromatic rings. The highest BCUT2D eigenvalue weighted by Crippen LogP contribution is 2.18. The second-order valence-electron chi connectivity index (χ2n) is 4.87. The summed E-state index contributed by atoms with van der Waals surface area (Å²) in [7, 11) is 1.99. The van der Waals surface area contributed by atoms with E-state index >= 15 is 0 Å². The summed E-state index contributed by atoms with van der Waals surface area (Å²) in [5.41, 5.74) is 2.94. The minimum atomic E-state index is 0.883. The summed E-state index contributed by atoms with van der Waals surface area (Å²) in [6, 6.07) is 8.71. The van der Waals surface area contributed by atoms with Crippen LogP contribution in [0.3, 0.4) is 0 Å². The fourth-order valence-corrected chi connectivity index (χ4v) is 2.69. The van der Waals surface area contributed by atoms with Crippen LogP contribution in [-0.4, -0.2) is 20.6 Å². The molecule has 0 unspecified atom stereocenters. The van der Waals surface area contributed by atoms with E-state index < -0.39 is 0 Å². The molecule has 4 heteroatoms. The van der Waals surface area contributed by atoms with Crippen molar-refractivity contribution >= 4 is 12.2 Å². The van der Waals surface area contributed by atoms with Gasteiger partial charge in [-0.05, 0) is 29.8 Å². The minimum Gasteiger partial charge on any atom is -0.327 e. The zero-order valence-electron chi connectivity index (χ0n) is 10.5. The Morgan fingerprint density at radius 3 is 2.67 bits per heavy atom. The number of rotatable bonds is 2. The van der Waals surface area contributed by atoms with Crippen LogP contribution >= 0.6 is 12.2 Å². The van der Waals surface area contributed by atoms with Crippen LogP contribution in [0, 0.1) is 4.77 Å². The van der Waals surface area contributed by atoms with E-state index in [9.17, 15) is 0 Å². The Morgan fingerprint density at radius 1 is 1.17 bits per heavy atom. The van der Waals surface area contributed by atoms with E-state index in [0.717, 1.165) is 31.0 Å². The third kappa shape index (κ3) is 2.13. The fourth-order valence-electron chi connectivity index (χ4n) is 2.51. The Kier molecular flexibility index (Phi) is 3.06. The van der Waals surface area contributed by atoms with Crippen LogP contribution in [0.25, 0.3) is 0 Å². The number of benzene rings is 1. The molecule has 0 saturated carbocycles. The van der Waals surface area contributed by atoms with Crippen molar-refractivity contribution in [3.63, 3.8) is 0 Å². The Labute approximate surface area is 112 Å². The number of fused-ring (bicyclic) bond motifs is 1. The van der Waals surface area contributed by atoms with Crippen LogP contribution in [0.4, 0.5) is 0 Å². The molecule has 0 fully saturated rings. The first-order valence-electron chi connectivity index (χ1n) is 6.25. The summed E-state index contributed by atoms with van der Waals surface area (Å²) in [5, 5.41) is 0. The van der Waals surface area contributed by atoms with Crippen molar-refractivity contribution in [1.29, 1.82) is 0 Å². The molecule has 1 aromatic carbocycles. The summed E-state index contributed by atoms with van der Waals surface area (Å²) < 4.78 is 4.99. The lowest BCUT2D eigenvalue weighted by Gasteiger charge is -2.28. The molecule has 94 valence electrons. The Hall–Kier alpha value is -1.39. The van der Waals surface area contributed by atoms with E-state index in [1.807, 2.05) is 17.8 Å².